The lowest BCUT2D eigenvalue weighted by Crippen LogP contribution is -2.33. The number of imidazole rings is 1. The van der Waals surface area contributed by atoms with Gasteiger partial charge in [-0.1, -0.05) is 12.1 Å². The van der Waals surface area contributed by atoms with Crippen LogP contribution in [-0.2, 0) is 25.8 Å². The van der Waals surface area contributed by atoms with Gasteiger partial charge in [0.05, 0.1) is 29.4 Å². The van der Waals surface area contributed by atoms with E-state index in [1.165, 1.54) is 0 Å². The van der Waals surface area contributed by atoms with Crippen LogP contribution in [0.5, 0.6) is 0 Å². The third kappa shape index (κ3) is 3.41. The van der Waals surface area contributed by atoms with Gasteiger partial charge in [-0.05, 0) is 35.9 Å². The molecule has 0 bridgehead atoms. The predicted octanol–water partition coefficient (Wildman–Crippen LogP) is 4.81. The first-order valence-corrected chi connectivity index (χ1v) is 10.7. The molecule has 0 unspecified atom stereocenters. The summed E-state index contributed by atoms with van der Waals surface area (Å²) in [6.45, 7) is 2.06. The van der Waals surface area contributed by atoms with Crippen LogP contribution in [0.3, 0.4) is 0 Å². The summed E-state index contributed by atoms with van der Waals surface area (Å²) in [5.41, 5.74) is 4.15. The molecule has 0 saturated carbocycles. The Balaban J connectivity index is 1.30. The van der Waals surface area contributed by atoms with Gasteiger partial charge in [-0.3, -0.25) is 10.00 Å². The van der Waals surface area contributed by atoms with Crippen molar-refractivity contribution in [1.82, 2.24) is 29.6 Å². The first-order valence-electron chi connectivity index (χ1n) is 10.7. The van der Waals surface area contributed by atoms with Gasteiger partial charge < -0.3 is 9.55 Å². The minimum absolute atomic E-state index is 0.356. The van der Waals surface area contributed by atoms with Crippen LogP contribution >= 0.6 is 0 Å². The van der Waals surface area contributed by atoms with Crippen molar-refractivity contribution in [2.45, 2.75) is 25.8 Å². The number of rotatable bonds is 3. The number of aromatic amines is 2. The lowest BCUT2D eigenvalue weighted by molar-refractivity contribution is -0.141. The maximum Gasteiger partial charge on any atom is 0.434 e. The van der Waals surface area contributed by atoms with Crippen LogP contribution in [0.25, 0.3) is 33.2 Å². The highest BCUT2D eigenvalue weighted by Gasteiger charge is 2.35. The summed E-state index contributed by atoms with van der Waals surface area (Å²) >= 11 is 0. The number of nitriles is 1. The second kappa shape index (κ2) is 7.46. The molecular weight excluding hydrogens is 443 g/mol. The smallest absolute Gasteiger partial charge is 0.353 e. The summed E-state index contributed by atoms with van der Waals surface area (Å²) < 4.78 is 40.7. The van der Waals surface area contributed by atoms with E-state index < -0.39 is 11.9 Å². The van der Waals surface area contributed by atoms with Gasteiger partial charge in [-0.15, -0.1) is 0 Å². The van der Waals surface area contributed by atoms with E-state index >= 15 is 0 Å². The summed E-state index contributed by atoms with van der Waals surface area (Å²) in [5, 5.41) is 18.5. The molecule has 0 aliphatic carbocycles. The van der Waals surface area contributed by atoms with Crippen LogP contribution in [0.2, 0.25) is 0 Å². The first kappa shape index (κ1) is 20.5. The molecule has 0 radical (unpaired) electrons. The zero-order valence-corrected chi connectivity index (χ0v) is 17.8. The fraction of sp³-hybridized carbons (Fsp3) is 0.208. The van der Waals surface area contributed by atoms with Crippen molar-refractivity contribution in [1.29, 1.82) is 5.26 Å². The summed E-state index contributed by atoms with van der Waals surface area (Å²) in [6.07, 6.45) is -3.34. The number of nitrogens with zero attached hydrogens (tertiary/aromatic N) is 5. The van der Waals surface area contributed by atoms with Crippen molar-refractivity contribution >= 4 is 21.8 Å². The van der Waals surface area contributed by atoms with Crippen molar-refractivity contribution in [2.24, 2.45) is 0 Å². The number of hydrogen-bond donors (Lipinski definition) is 2. The van der Waals surface area contributed by atoms with Crippen molar-refractivity contribution in [3.8, 4) is 17.5 Å². The standard InChI is InChI=1S/C24H18F3N7/c25-24(26,27)21-12-34-7-6-33(13-22(34)30-21)11-15-2-1-3-18-17(15)9-20(29-18)23-16-5-4-14(10-28)8-19(16)31-32-23/h1-5,8-9,12,29H,6-7,11,13H2,(H,31,32). The molecule has 34 heavy (non-hydrogen) atoms. The molecule has 2 aromatic carbocycles. The Kier molecular flexibility index (Phi) is 4.50. The number of benzene rings is 2. The van der Waals surface area contributed by atoms with Gasteiger partial charge in [0, 0.05) is 42.1 Å². The van der Waals surface area contributed by atoms with Crippen molar-refractivity contribution < 1.29 is 13.2 Å². The van der Waals surface area contributed by atoms with E-state index in [1.54, 1.807) is 16.7 Å². The molecule has 10 heteroatoms. The monoisotopic (exact) mass is 461 g/mol. The summed E-state index contributed by atoms with van der Waals surface area (Å²) in [6, 6.07) is 15.6. The number of halogens is 3. The fourth-order valence-corrected chi connectivity index (χ4v) is 4.59. The molecular formula is C24H18F3N7. The third-order valence-electron chi connectivity index (χ3n) is 6.27. The first-order chi connectivity index (χ1) is 16.4. The van der Waals surface area contributed by atoms with Gasteiger partial charge in [-0.25, -0.2) is 4.98 Å². The zero-order chi connectivity index (χ0) is 23.4. The van der Waals surface area contributed by atoms with Gasteiger partial charge in [0.2, 0.25) is 0 Å². The lowest BCUT2D eigenvalue weighted by Gasteiger charge is -2.27. The Hall–Kier alpha value is -4.10. The van der Waals surface area contributed by atoms with E-state index in [-0.39, 0.29) is 0 Å². The molecule has 1 aliphatic rings. The van der Waals surface area contributed by atoms with Crippen LogP contribution in [0.1, 0.15) is 22.6 Å². The van der Waals surface area contributed by atoms with Crippen molar-refractivity contribution in [3.05, 3.63) is 71.3 Å². The molecule has 170 valence electrons. The summed E-state index contributed by atoms with van der Waals surface area (Å²) in [7, 11) is 0. The maximum absolute atomic E-state index is 13.0. The molecule has 6 rings (SSSR count). The Morgan fingerprint density at radius 1 is 1.06 bits per heavy atom. The van der Waals surface area contributed by atoms with E-state index in [0.29, 0.717) is 37.6 Å². The lowest BCUT2D eigenvalue weighted by atomic mass is 10.1. The molecule has 7 nitrogen and oxygen atoms in total. The SMILES string of the molecule is N#Cc1ccc2c(-c3cc4c(CN5CCn6cc(C(F)(F)F)nc6C5)cccc4[nH]3)n[nH]c2c1. The number of H-pyrrole nitrogens is 2. The van der Waals surface area contributed by atoms with Crippen LogP contribution in [0.4, 0.5) is 13.2 Å². The second-order valence-electron chi connectivity index (χ2n) is 8.45. The van der Waals surface area contributed by atoms with Gasteiger partial charge in [-0.2, -0.15) is 23.5 Å². The quantitative estimate of drug-likeness (QED) is 0.403. The van der Waals surface area contributed by atoms with E-state index in [4.69, 9.17) is 5.26 Å². The maximum atomic E-state index is 13.0. The van der Waals surface area contributed by atoms with E-state index in [2.05, 4.69) is 31.1 Å². The predicted molar refractivity (Wildman–Crippen MR) is 119 cm³/mol. The van der Waals surface area contributed by atoms with E-state index in [9.17, 15) is 13.2 Å². The topological polar surface area (TPSA) is 89.3 Å². The fourth-order valence-electron chi connectivity index (χ4n) is 4.59. The molecule has 0 fully saturated rings. The molecule has 0 amide bonds. The highest BCUT2D eigenvalue weighted by molar-refractivity contribution is 5.96. The molecule has 0 spiro atoms. The largest absolute Gasteiger partial charge is 0.434 e. The van der Waals surface area contributed by atoms with Crippen molar-refractivity contribution in [3.63, 3.8) is 0 Å². The second-order valence-corrected chi connectivity index (χ2v) is 8.45. The number of alkyl halides is 3. The van der Waals surface area contributed by atoms with Gasteiger partial charge in [0.15, 0.2) is 5.69 Å². The normalized spacial score (nSPS) is 14.5. The van der Waals surface area contributed by atoms with Gasteiger partial charge >= 0.3 is 6.18 Å². The average Bonchev–Trinajstić information content (AvgIpc) is 3.54. The number of fused-ring (bicyclic) bond motifs is 3. The Morgan fingerprint density at radius 3 is 2.76 bits per heavy atom. The van der Waals surface area contributed by atoms with Crippen LogP contribution in [-0.4, -0.2) is 36.2 Å². The molecule has 2 N–H and O–H groups in total. The average molecular weight is 461 g/mol. The van der Waals surface area contributed by atoms with Crippen LogP contribution in [0, 0.1) is 11.3 Å². The number of aromatic nitrogens is 5. The highest BCUT2D eigenvalue weighted by Crippen LogP contribution is 2.32. The van der Waals surface area contributed by atoms with Crippen LogP contribution in [0.15, 0.2) is 48.7 Å². The van der Waals surface area contributed by atoms with E-state index in [0.717, 1.165) is 45.0 Å². The minimum atomic E-state index is -4.44. The Labute approximate surface area is 191 Å². The highest BCUT2D eigenvalue weighted by atomic mass is 19.4. The summed E-state index contributed by atoms with van der Waals surface area (Å²) in [4.78, 5) is 9.35. The Bertz CT molecular complexity index is 1580. The molecule has 3 aromatic heterocycles. The molecule has 0 atom stereocenters. The zero-order valence-electron chi connectivity index (χ0n) is 17.8. The van der Waals surface area contributed by atoms with Gasteiger partial charge in [0.25, 0.3) is 0 Å². The third-order valence-corrected chi connectivity index (χ3v) is 6.27. The minimum Gasteiger partial charge on any atom is -0.353 e. The molecule has 4 heterocycles. The Morgan fingerprint density at radius 2 is 1.94 bits per heavy atom. The molecule has 0 saturated heterocycles. The van der Waals surface area contributed by atoms with Crippen molar-refractivity contribution in [2.75, 3.05) is 6.54 Å². The van der Waals surface area contributed by atoms with Crippen LogP contribution < -0.4 is 0 Å². The molecule has 5 aromatic rings. The summed E-state index contributed by atoms with van der Waals surface area (Å²) in [5.74, 6) is 0.431. The van der Waals surface area contributed by atoms with Gasteiger partial charge in [0.1, 0.15) is 11.5 Å². The van der Waals surface area contributed by atoms with E-state index in [1.807, 2.05) is 30.3 Å². The number of nitrogens with one attached hydrogen (secondary N) is 2. The molecule has 1 aliphatic heterocycles. The number of hydrogen-bond acceptors (Lipinski definition) is 4.